The molecule has 58 heavy (non-hydrogen) atoms. The molecule has 6 aromatic rings. The monoisotopic (exact) mass is 752 g/mol. The average Bonchev–Trinajstić information content (AvgIpc) is 3.25. The molecule has 3 heterocycles. The van der Waals surface area contributed by atoms with Crippen molar-refractivity contribution in [1.29, 1.82) is 0 Å². The van der Waals surface area contributed by atoms with Crippen molar-refractivity contribution in [2.75, 3.05) is 16.0 Å². The molecule has 10 nitrogen and oxygen atoms in total. The lowest BCUT2D eigenvalue weighted by Gasteiger charge is -2.30. The van der Waals surface area contributed by atoms with Gasteiger partial charge in [-0.1, -0.05) is 164 Å². The van der Waals surface area contributed by atoms with Gasteiger partial charge in [-0.2, -0.15) is 30.0 Å². The van der Waals surface area contributed by atoms with E-state index >= 15 is 0 Å². The molecule has 0 saturated carbocycles. The molecule has 3 aliphatic heterocycles. The Hall–Kier alpha value is -8.24. The molecule has 0 saturated heterocycles. The van der Waals surface area contributed by atoms with Crippen LogP contribution in [0.3, 0.4) is 0 Å². The van der Waals surface area contributed by atoms with Gasteiger partial charge in [0.05, 0.1) is 0 Å². The van der Waals surface area contributed by atoms with Crippen molar-refractivity contribution in [3.63, 3.8) is 0 Å². The molecule has 10 heteroatoms. The third-order valence-corrected chi connectivity index (χ3v) is 9.07. The number of guanidine groups is 6. The van der Waals surface area contributed by atoms with E-state index < -0.39 is 0 Å². The van der Waals surface area contributed by atoms with Crippen LogP contribution in [0.5, 0.6) is 0 Å². The number of rotatable bonds is 9. The summed E-state index contributed by atoms with van der Waals surface area (Å²) in [5, 5.41) is 10.1. The van der Waals surface area contributed by atoms with Gasteiger partial charge in [-0.25, -0.2) is 4.90 Å². The summed E-state index contributed by atoms with van der Waals surface area (Å²) in [6.07, 6.45) is 12.5. The van der Waals surface area contributed by atoms with Crippen molar-refractivity contribution in [3.8, 4) is 0 Å². The van der Waals surface area contributed by atoms with Crippen LogP contribution in [0.2, 0.25) is 0 Å². The fourth-order valence-corrected chi connectivity index (χ4v) is 6.27. The lowest BCUT2D eigenvalue weighted by atomic mass is 10.1. The summed E-state index contributed by atoms with van der Waals surface area (Å²) in [5.74, 6) is 1.92. The summed E-state index contributed by atoms with van der Waals surface area (Å²) in [4.78, 5) is 30.5. The van der Waals surface area contributed by atoms with Crippen LogP contribution >= 0.6 is 0 Å². The largest absolute Gasteiger partial charge is 0.324 e. The second-order valence-corrected chi connectivity index (χ2v) is 13.4. The van der Waals surface area contributed by atoms with Gasteiger partial charge in [0, 0.05) is 17.1 Å². The Balaban J connectivity index is 1.01. The maximum atomic E-state index is 4.81. The van der Waals surface area contributed by atoms with Crippen LogP contribution in [0.25, 0.3) is 36.5 Å². The van der Waals surface area contributed by atoms with E-state index in [4.69, 9.17) is 30.0 Å². The molecular formula is C48H36N10. The van der Waals surface area contributed by atoms with Gasteiger partial charge >= 0.3 is 0 Å². The number of aliphatic imine (C=N–C) groups is 6. The van der Waals surface area contributed by atoms with E-state index in [1.807, 2.05) is 127 Å². The Bertz CT molecular complexity index is 2440. The van der Waals surface area contributed by atoms with E-state index in [1.54, 1.807) is 4.90 Å². The van der Waals surface area contributed by atoms with Crippen LogP contribution in [-0.4, -0.2) is 40.7 Å². The summed E-state index contributed by atoms with van der Waals surface area (Å²) in [6, 6.07) is 54.7. The van der Waals surface area contributed by atoms with E-state index in [9.17, 15) is 0 Å². The maximum absolute atomic E-state index is 4.81. The second kappa shape index (κ2) is 16.6. The highest BCUT2D eigenvalue weighted by molar-refractivity contribution is 6.32. The number of anilines is 3. The van der Waals surface area contributed by atoms with Gasteiger partial charge in [0.2, 0.25) is 35.8 Å². The van der Waals surface area contributed by atoms with Gasteiger partial charge in [-0.05, 0) is 69.8 Å². The first-order valence-electron chi connectivity index (χ1n) is 18.8. The molecular weight excluding hydrogens is 717 g/mol. The average molecular weight is 753 g/mol. The van der Waals surface area contributed by atoms with Crippen LogP contribution in [0.4, 0.5) is 17.1 Å². The summed E-state index contributed by atoms with van der Waals surface area (Å²) in [6.45, 7) is 0. The summed E-state index contributed by atoms with van der Waals surface area (Å²) in [5.41, 5.74) is 8.84. The van der Waals surface area contributed by atoms with E-state index in [0.717, 1.165) is 50.4 Å². The fourth-order valence-electron chi connectivity index (χ4n) is 6.27. The van der Waals surface area contributed by atoms with Crippen molar-refractivity contribution in [3.05, 3.63) is 197 Å². The lowest BCUT2D eigenvalue weighted by Crippen LogP contribution is -2.49. The minimum Gasteiger partial charge on any atom is -0.324 e. The van der Waals surface area contributed by atoms with E-state index in [0.29, 0.717) is 35.8 Å². The van der Waals surface area contributed by atoms with Crippen LogP contribution in [0.1, 0.15) is 33.4 Å². The Morgan fingerprint density at radius 1 is 0.293 bits per heavy atom. The Labute approximate surface area is 336 Å². The van der Waals surface area contributed by atoms with Crippen LogP contribution < -0.4 is 16.0 Å². The molecule has 0 unspecified atom stereocenters. The zero-order valence-electron chi connectivity index (χ0n) is 31.2. The van der Waals surface area contributed by atoms with Crippen LogP contribution in [0.15, 0.2) is 194 Å². The molecule has 278 valence electrons. The molecule has 0 fully saturated rings. The zero-order chi connectivity index (χ0) is 38.9. The van der Waals surface area contributed by atoms with Crippen molar-refractivity contribution >= 4 is 89.3 Å². The Morgan fingerprint density at radius 3 is 0.879 bits per heavy atom. The maximum Gasteiger partial charge on any atom is 0.246 e. The van der Waals surface area contributed by atoms with Gasteiger partial charge in [0.25, 0.3) is 0 Å². The van der Waals surface area contributed by atoms with Crippen LogP contribution in [-0.2, 0) is 0 Å². The minimum absolute atomic E-state index is 0.319. The van der Waals surface area contributed by atoms with Gasteiger partial charge in [-0.3, -0.25) is 0 Å². The second-order valence-electron chi connectivity index (χ2n) is 13.4. The number of hydrogen-bond donors (Lipinski definition) is 3. The van der Waals surface area contributed by atoms with Crippen molar-refractivity contribution in [2.24, 2.45) is 30.0 Å². The van der Waals surface area contributed by atoms with Gasteiger partial charge in [0.15, 0.2) is 0 Å². The Kier molecular flexibility index (Phi) is 10.2. The predicted octanol–water partition coefficient (Wildman–Crippen LogP) is 10.3. The standard InChI is InChI=1S/C48H36N10/c1-4-13-34(14-5-1)25-28-37-19-10-22-40(31-37)49-43-52-46-54-44(50-41-23-11-20-38(32-41)29-26-35-15-6-2-7-16-35)56-48-57-45(55-47(53-43)58(46)48)51-42-24-12-21-39(33-42)30-27-36-17-8-3-9-18-36/h1-33H,(H3,49,50,51,52,53,54,55,56,57). The van der Waals surface area contributed by atoms with Gasteiger partial charge in [0.1, 0.15) is 0 Å². The highest BCUT2D eigenvalue weighted by atomic mass is 15.5. The van der Waals surface area contributed by atoms with Crippen molar-refractivity contribution < 1.29 is 0 Å². The molecule has 0 amide bonds. The predicted molar refractivity (Wildman–Crippen MR) is 243 cm³/mol. The number of nitrogens with zero attached hydrogens (tertiary/aromatic N) is 7. The fraction of sp³-hybridized carbons (Fsp3) is 0. The summed E-state index contributed by atoms with van der Waals surface area (Å²) < 4.78 is 0. The molecule has 0 bridgehead atoms. The topological polar surface area (TPSA) is 113 Å². The van der Waals surface area contributed by atoms with E-state index in [-0.39, 0.29) is 0 Å². The first-order chi connectivity index (χ1) is 28.6. The third kappa shape index (κ3) is 8.83. The van der Waals surface area contributed by atoms with Crippen LogP contribution in [0, 0.1) is 0 Å². The van der Waals surface area contributed by atoms with Gasteiger partial charge in [-0.15, -0.1) is 0 Å². The molecule has 3 N–H and O–H groups in total. The molecule has 3 aliphatic rings. The first-order valence-corrected chi connectivity index (χ1v) is 18.8. The zero-order valence-corrected chi connectivity index (χ0v) is 31.2. The highest BCUT2D eigenvalue weighted by Crippen LogP contribution is 2.23. The highest BCUT2D eigenvalue weighted by Gasteiger charge is 2.35. The normalized spacial score (nSPS) is 14.6. The Morgan fingerprint density at radius 2 is 0.569 bits per heavy atom. The van der Waals surface area contributed by atoms with Crippen molar-refractivity contribution in [2.45, 2.75) is 0 Å². The lowest BCUT2D eigenvalue weighted by molar-refractivity contribution is 0.826. The molecule has 0 aromatic heterocycles. The molecule has 0 aliphatic carbocycles. The van der Waals surface area contributed by atoms with Crippen molar-refractivity contribution in [1.82, 2.24) is 4.90 Å². The molecule has 0 spiro atoms. The SMILES string of the molecule is C(=Cc1cccc(NC2=NC3=NC(Nc4cccc(C=Cc5ccccc5)c4)=NC4=NC(Nc5cccc(C=Cc6ccccc6)c5)=NC(=N2)N34)c1)c1ccccc1. The smallest absolute Gasteiger partial charge is 0.246 e. The molecule has 0 radical (unpaired) electrons. The van der Waals surface area contributed by atoms with E-state index in [1.165, 1.54) is 0 Å². The minimum atomic E-state index is 0.319. The number of nitrogens with one attached hydrogen (secondary N) is 3. The molecule has 0 atom stereocenters. The molecule has 9 rings (SSSR count). The third-order valence-electron chi connectivity index (χ3n) is 9.07. The molecule has 6 aromatic carbocycles. The summed E-state index contributed by atoms with van der Waals surface area (Å²) in [7, 11) is 0. The first kappa shape index (κ1) is 35.5. The summed E-state index contributed by atoms with van der Waals surface area (Å²) >= 11 is 0. The quantitative estimate of drug-likeness (QED) is 0.128. The number of benzene rings is 6. The van der Waals surface area contributed by atoms with E-state index in [2.05, 4.69) is 88.8 Å². The number of hydrogen-bond acceptors (Lipinski definition) is 10. The van der Waals surface area contributed by atoms with Gasteiger partial charge < -0.3 is 16.0 Å².